The van der Waals surface area contributed by atoms with Gasteiger partial charge in [-0.2, -0.15) is 0 Å². The maximum atomic E-state index is 14.1. The summed E-state index contributed by atoms with van der Waals surface area (Å²) in [6.07, 6.45) is 2.89. The van der Waals surface area contributed by atoms with Crippen molar-refractivity contribution in [3.05, 3.63) is 23.8 Å². The number of carbonyl (C=O) groups excluding carboxylic acids is 5. The molecular formula is C41H68N6O19. The minimum absolute atomic E-state index is 0.0771. The third-order valence-corrected chi connectivity index (χ3v) is 9.19. The zero-order chi connectivity index (χ0) is 48.3. The van der Waals surface area contributed by atoms with Gasteiger partial charge in [-0.25, -0.2) is 19.2 Å². The van der Waals surface area contributed by atoms with Gasteiger partial charge in [0, 0.05) is 60.8 Å². The highest BCUT2D eigenvalue weighted by Crippen LogP contribution is 2.25. The molecule has 0 amide bonds. The van der Waals surface area contributed by atoms with Gasteiger partial charge in [0.25, 0.3) is 0 Å². The van der Waals surface area contributed by atoms with E-state index in [9.17, 15) is 24.0 Å². The number of aromatic nitrogens is 6. The molecule has 0 N–H and O–H groups in total. The molecule has 0 aliphatic rings. The van der Waals surface area contributed by atoms with Crippen LogP contribution in [0.25, 0.3) is 0 Å². The van der Waals surface area contributed by atoms with Crippen molar-refractivity contribution in [3.8, 4) is 0 Å². The summed E-state index contributed by atoms with van der Waals surface area (Å²) in [5.74, 6) is -0.254. The predicted molar refractivity (Wildman–Crippen MR) is 225 cm³/mol. The van der Waals surface area contributed by atoms with E-state index in [2.05, 4.69) is 20.6 Å². The maximum absolute atomic E-state index is 14.1. The second kappa shape index (κ2) is 35.0. The van der Waals surface area contributed by atoms with Gasteiger partial charge in [-0.1, -0.05) is 29.7 Å². The van der Waals surface area contributed by atoms with E-state index in [0.717, 1.165) is 37.1 Å². The van der Waals surface area contributed by atoms with E-state index in [1.54, 1.807) is 11.6 Å². The van der Waals surface area contributed by atoms with E-state index in [0.29, 0.717) is 25.8 Å². The average Bonchev–Trinajstić information content (AvgIpc) is 3.95. The number of ether oxygens (including phenoxy) is 14. The minimum atomic E-state index is -1.40. The first kappa shape index (κ1) is 56.9. The van der Waals surface area contributed by atoms with Gasteiger partial charge in [0.2, 0.25) is 0 Å². The summed E-state index contributed by atoms with van der Waals surface area (Å²) >= 11 is 0. The monoisotopic (exact) mass is 948 g/mol. The first-order valence-electron chi connectivity index (χ1n) is 21.6. The molecule has 0 aliphatic carbocycles. The summed E-state index contributed by atoms with van der Waals surface area (Å²) in [5, 5.41) is 16.5. The topological polar surface area (TPSA) is 276 Å². The molecule has 2 rings (SSSR count). The van der Waals surface area contributed by atoms with E-state index in [1.807, 2.05) is 24.1 Å². The number of nitrogens with zero attached hydrogens (tertiary/aromatic N) is 6. The molecule has 25 nitrogen and oxygen atoms in total. The second-order valence-electron chi connectivity index (χ2n) is 14.8. The van der Waals surface area contributed by atoms with Gasteiger partial charge in [0.15, 0.2) is 0 Å². The Morgan fingerprint density at radius 3 is 1.33 bits per heavy atom. The smallest absolute Gasteiger partial charge is 0.432 e. The average molecular weight is 949 g/mol. The van der Waals surface area contributed by atoms with Crippen molar-refractivity contribution in [2.75, 3.05) is 121 Å². The molecule has 376 valence electrons. The lowest BCUT2D eigenvalue weighted by Gasteiger charge is -2.31. The first-order chi connectivity index (χ1) is 31.9. The van der Waals surface area contributed by atoms with E-state index in [1.165, 1.54) is 28.4 Å². The molecule has 66 heavy (non-hydrogen) atoms. The van der Waals surface area contributed by atoms with Gasteiger partial charge in [-0.05, 0) is 32.6 Å². The van der Waals surface area contributed by atoms with Gasteiger partial charge < -0.3 is 66.3 Å². The highest BCUT2D eigenvalue weighted by atomic mass is 16.8. The molecule has 0 aliphatic heterocycles. The van der Waals surface area contributed by atoms with Crippen LogP contribution in [-0.2, 0) is 97.5 Å². The fourth-order valence-corrected chi connectivity index (χ4v) is 5.46. The van der Waals surface area contributed by atoms with Crippen LogP contribution in [0.4, 0.5) is 19.2 Å². The van der Waals surface area contributed by atoms with Crippen LogP contribution in [0.3, 0.4) is 0 Å². The van der Waals surface area contributed by atoms with Crippen LogP contribution in [0.5, 0.6) is 0 Å². The Balaban J connectivity index is 2.12. The van der Waals surface area contributed by atoms with Crippen molar-refractivity contribution in [2.24, 2.45) is 12.5 Å². The number of unbranched alkanes of at least 4 members (excludes halogenated alkanes) is 4. The molecule has 2 aromatic rings. The quantitative estimate of drug-likeness (QED) is 0.0531. The number of ketones is 1. The van der Waals surface area contributed by atoms with E-state index < -0.39 is 68.7 Å². The Bertz CT molecular complexity index is 1530. The fraction of sp³-hybridized carbons (Fsp3) is 0.780. The molecule has 0 unspecified atom stereocenters. The van der Waals surface area contributed by atoms with Crippen molar-refractivity contribution in [2.45, 2.75) is 77.0 Å². The standard InChI is InChI=1S/C41H68N6O19/c1-41(30-65-34(26-61-37(49)57-20-16-53-3)27-62-38(50)58-21-17-54-4,31-66-35(28-63-39(51)59-22-18-55-5)29-64-40(52)60-23-19-56-6)36(48)12-10-8-7-9-11-15-47-25-33(43-45-47)14-13-32-24-46(2)44-42-32/h24-25,34-35H,7-23,26-31H2,1-6H3. The number of hydrogen-bond acceptors (Lipinski definition) is 23. The number of carbonyl (C=O) groups is 5. The van der Waals surface area contributed by atoms with E-state index in [4.69, 9.17) is 66.3 Å². The van der Waals surface area contributed by atoms with Crippen LogP contribution in [0.15, 0.2) is 12.4 Å². The van der Waals surface area contributed by atoms with Crippen LogP contribution < -0.4 is 0 Å². The van der Waals surface area contributed by atoms with Crippen molar-refractivity contribution in [1.29, 1.82) is 0 Å². The number of rotatable bonds is 38. The molecule has 2 aromatic heterocycles. The number of Topliss-reactive ketones (excluding diaryl/α,β-unsaturated/α-hetero) is 1. The second-order valence-corrected chi connectivity index (χ2v) is 14.8. The van der Waals surface area contributed by atoms with Crippen LogP contribution in [0.2, 0.25) is 0 Å². The van der Waals surface area contributed by atoms with Gasteiger partial charge in [-0.15, -0.1) is 10.2 Å². The van der Waals surface area contributed by atoms with E-state index in [-0.39, 0.29) is 78.3 Å². The summed E-state index contributed by atoms with van der Waals surface area (Å²) < 4.78 is 75.8. The lowest BCUT2D eigenvalue weighted by molar-refractivity contribution is -0.147. The summed E-state index contributed by atoms with van der Waals surface area (Å²) in [7, 11) is 7.56. The SMILES string of the molecule is COCCOC(=O)OCC(COC(=O)OCCOC)OCC(C)(COC(COC(=O)OCCOC)COC(=O)OCCOC)C(=O)CCCCCCCn1cc(CCc2cn(C)nn2)nn1. The van der Waals surface area contributed by atoms with Crippen LogP contribution in [0.1, 0.15) is 56.8 Å². The van der Waals surface area contributed by atoms with Crippen molar-refractivity contribution in [1.82, 2.24) is 30.0 Å². The summed E-state index contributed by atoms with van der Waals surface area (Å²) in [5.41, 5.74) is 0.357. The van der Waals surface area contributed by atoms with Crippen molar-refractivity contribution in [3.63, 3.8) is 0 Å². The third-order valence-electron chi connectivity index (χ3n) is 9.19. The molecule has 0 aromatic carbocycles. The summed E-state index contributed by atoms with van der Waals surface area (Å²) in [6.45, 7) is 0.0727. The molecule has 0 radical (unpaired) electrons. The lowest BCUT2D eigenvalue weighted by atomic mass is 9.84. The zero-order valence-electron chi connectivity index (χ0n) is 39.0. The van der Waals surface area contributed by atoms with Crippen LogP contribution in [-0.4, -0.2) is 194 Å². The molecule has 0 bridgehead atoms. The van der Waals surface area contributed by atoms with E-state index >= 15 is 0 Å². The molecule has 2 heterocycles. The molecule has 0 spiro atoms. The highest BCUT2D eigenvalue weighted by molar-refractivity contribution is 5.84. The molecule has 0 atom stereocenters. The molecule has 0 fully saturated rings. The molecule has 0 saturated heterocycles. The first-order valence-corrected chi connectivity index (χ1v) is 21.6. The molecular weight excluding hydrogens is 880 g/mol. The highest BCUT2D eigenvalue weighted by Gasteiger charge is 2.36. The Morgan fingerprint density at radius 1 is 0.530 bits per heavy atom. The molecule has 25 heteroatoms. The van der Waals surface area contributed by atoms with Crippen LogP contribution in [0, 0.1) is 5.41 Å². The number of methoxy groups -OCH3 is 4. The largest absolute Gasteiger partial charge is 0.508 e. The normalized spacial score (nSPS) is 11.4. The van der Waals surface area contributed by atoms with Gasteiger partial charge in [0.1, 0.15) is 70.8 Å². The summed E-state index contributed by atoms with van der Waals surface area (Å²) in [6, 6.07) is 0. The maximum Gasteiger partial charge on any atom is 0.508 e. The zero-order valence-corrected chi connectivity index (χ0v) is 39.0. The van der Waals surface area contributed by atoms with Gasteiger partial charge in [0.05, 0.1) is 56.4 Å². The minimum Gasteiger partial charge on any atom is -0.432 e. The Kier molecular flexibility index (Phi) is 30.2. The Labute approximate surface area is 384 Å². The fourth-order valence-electron chi connectivity index (χ4n) is 5.46. The third kappa shape index (κ3) is 26.7. The van der Waals surface area contributed by atoms with Crippen molar-refractivity contribution < 1.29 is 90.3 Å². The lowest BCUT2D eigenvalue weighted by Crippen LogP contribution is -2.43. The number of aryl methyl sites for hydroxylation is 4. The Hall–Kier alpha value is -5.21. The summed E-state index contributed by atoms with van der Waals surface area (Å²) in [4.78, 5) is 63.1. The Morgan fingerprint density at radius 2 is 0.924 bits per heavy atom. The van der Waals surface area contributed by atoms with Crippen molar-refractivity contribution >= 4 is 30.4 Å². The van der Waals surface area contributed by atoms with Crippen LogP contribution >= 0.6 is 0 Å². The predicted octanol–water partition coefficient (Wildman–Crippen LogP) is 3.08. The number of hydrogen-bond donors (Lipinski definition) is 0. The molecule has 0 saturated carbocycles. The van der Waals surface area contributed by atoms with Gasteiger partial charge >= 0.3 is 24.6 Å². The van der Waals surface area contributed by atoms with Gasteiger partial charge in [-0.3, -0.25) is 14.2 Å².